The molecule has 0 aliphatic heterocycles. The number of hydrogen-bond acceptors (Lipinski definition) is 2. The average molecular weight is 320 g/mol. The quantitative estimate of drug-likeness (QED) is 0.735. The largest absolute Gasteiger partial charge is 0.492 e. The Labute approximate surface area is 134 Å². The van der Waals surface area contributed by atoms with Crippen LogP contribution < -0.4 is 4.74 Å². The summed E-state index contributed by atoms with van der Waals surface area (Å²) >= 11 is 6.23. The lowest BCUT2D eigenvalue weighted by Crippen LogP contribution is -2.20. The highest BCUT2D eigenvalue weighted by atomic mass is 35.5. The molecule has 0 heterocycles. The van der Waals surface area contributed by atoms with Crippen molar-refractivity contribution in [2.45, 2.75) is 39.5 Å². The lowest BCUT2D eigenvalue weighted by atomic mass is 9.94. The third-order valence-corrected chi connectivity index (χ3v) is 3.36. The predicted molar refractivity (Wildman–Crippen MR) is 90.9 cm³/mol. The average Bonchev–Trinajstić information content (AvgIpc) is 2.29. The monoisotopic (exact) mass is 319 g/mol. The molecule has 0 spiro atoms. The van der Waals surface area contributed by atoms with Crippen molar-refractivity contribution in [2.75, 3.05) is 27.2 Å². The van der Waals surface area contributed by atoms with Crippen LogP contribution in [0.3, 0.4) is 0 Å². The van der Waals surface area contributed by atoms with Gasteiger partial charge in [-0.2, -0.15) is 0 Å². The zero-order valence-electron chi connectivity index (χ0n) is 13.4. The summed E-state index contributed by atoms with van der Waals surface area (Å²) in [5, 5.41) is 0.798. The molecule has 0 fully saturated rings. The molecular formula is C16H27Cl2NO. The van der Waals surface area contributed by atoms with Crippen LogP contribution in [0.1, 0.15) is 50.7 Å². The molecule has 2 nitrogen and oxygen atoms in total. The molecule has 0 saturated carbocycles. The summed E-state index contributed by atoms with van der Waals surface area (Å²) in [6, 6.07) is 4.06. The number of rotatable bonds is 6. The van der Waals surface area contributed by atoms with Gasteiger partial charge in [0.2, 0.25) is 0 Å². The molecule has 1 aromatic carbocycles. The molecule has 0 N–H and O–H groups in total. The molecular weight excluding hydrogens is 293 g/mol. The lowest BCUT2D eigenvalue weighted by molar-refractivity contribution is 0.256. The van der Waals surface area contributed by atoms with Crippen molar-refractivity contribution >= 4 is 24.0 Å². The highest BCUT2D eigenvalue weighted by Crippen LogP contribution is 2.37. The second kappa shape index (κ2) is 8.76. The van der Waals surface area contributed by atoms with E-state index in [1.165, 1.54) is 11.1 Å². The minimum Gasteiger partial charge on any atom is -0.492 e. The zero-order chi connectivity index (χ0) is 14.6. The summed E-state index contributed by atoms with van der Waals surface area (Å²) in [4.78, 5) is 2.13. The van der Waals surface area contributed by atoms with Crippen molar-refractivity contribution < 1.29 is 4.74 Å². The molecule has 0 radical (unpaired) electrons. The highest BCUT2D eigenvalue weighted by molar-refractivity contribution is 6.30. The van der Waals surface area contributed by atoms with Crippen LogP contribution in [0.4, 0.5) is 0 Å². The van der Waals surface area contributed by atoms with Gasteiger partial charge in [-0.3, -0.25) is 0 Å². The molecule has 20 heavy (non-hydrogen) atoms. The molecule has 0 bridgehead atoms. The van der Waals surface area contributed by atoms with Crippen LogP contribution >= 0.6 is 24.0 Å². The van der Waals surface area contributed by atoms with Crippen molar-refractivity contribution in [1.29, 1.82) is 0 Å². The normalized spacial score (nSPS) is 11.1. The molecule has 0 atom stereocenters. The Morgan fingerprint density at radius 2 is 1.50 bits per heavy atom. The van der Waals surface area contributed by atoms with E-state index < -0.39 is 0 Å². The Morgan fingerprint density at radius 1 is 1.05 bits per heavy atom. The maximum Gasteiger partial charge on any atom is 0.126 e. The van der Waals surface area contributed by atoms with Gasteiger partial charge in [-0.15, -0.1) is 12.4 Å². The van der Waals surface area contributed by atoms with Gasteiger partial charge in [0.15, 0.2) is 0 Å². The first kappa shape index (κ1) is 19.6. The summed E-state index contributed by atoms with van der Waals surface area (Å²) in [5.41, 5.74) is 2.41. The topological polar surface area (TPSA) is 12.5 Å². The maximum atomic E-state index is 6.23. The van der Waals surface area contributed by atoms with Gasteiger partial charge >= 0.3 is 0 Å². The Balaban J connectivity index is 0.00000361. The molecule has 0 unspecified atom stereocenters. The summed E-state index contributed by atoms with van der Waals surface area (Å²) in [6.45, 7) is 10.3. The Kier molecular flexibility index (Phi) is 8.57. The van der Waals surface area contributed by atoms with Crippen LogP contribution in [-0.4, -0.2) is 32.1 Å². The maximum absolute atomic E-state index is 6.23. The Morgan fingerprint density at radius 3 is 1.85 bits per heavy atom. The number of benzene rings is 1. The molecule has 0 aromatic heterocycles. The number of hydrogen-bond donors (Lipinski definition) is 0. The summed E-state index contributed by atoms with van der Waals surface area (Å²) in [7, 11) is 4.11. The Bertz CT molecular complexity index is 388. The molecule has 0 aliphatic carbocycles. The molecule has 0 aliphatic rings. The second-order valence-corrected chi connectivity index (χ2v) is 6.31. The van der Waals surface area contributed by atoms with Crippen molar-refractivity contribution in [1.82, 2.24) is 4.90 Å². The minimum absolute atomic E-state index is 0. The minimum atomic E-state index is 0. The molecule has 1 aromatic rings. The first-order chi connectivity index (χ1) is 8.82. The van der Waals surface area contributed by atoms with Crippen LogP contribution in [0.5, 0.6) is 5.75 Å². The van der Waals surface area contributed by atoms with E-state index in [-0.39, 0.29) is 12.4 Å². The van der Waals surface area contributed by atoms with E-state index in [1.54, 1.807) is 0 Å². The van der Waals surface area contributed by atoms with E-state index in [0.29, 0.717) is 18.4 Å². The fraction of sp³-hybridized carbons (Fsp3) is 0.625. The van der Waals surface area contributed by atoms with Crippen molar-refractivity contribution in [2.24, 2.45) is 0 Å². The summed E-state index contributed by atoms with van der Waals surface area (Å²) in [5.74, 6) is 1.84. The predicted octanol–water partition coefficient (Wildman–Crippen LogP) is 4.95. The van der Waals surface area contributed by atoms with E-state index in [1.807, 2.05) is 12.1 Å². The number of nitrogens with zero attached hydrogens (tertiary/aromatic N) is 1. The van der Waals surface area contributed by atoms with Crippen molar-refractivity contribution in [3.05, 3.63) is 28.3 Å². The third-order valence-electron chi connectivity index (χ3n) is 3.14. The van der Waals surface area contributed by atoms with Gasteiger partial charge in [-0.25, -0.2) is 0 Å². The van der Waals surface area contributed by atoms with Gasteiger partial charge in [-0.1, -0.05) is 39.3 Å². The van der Waals surface area contributed by atoms with Gasteiger partial charge in [-0.05, 0) is 49.2 Å². The van der Waals surface area contributed by atoms with Crippen LogP contribution in [-0.2, 0) is 0 Å². The Hall–Kier alpha value is -0.440. The SMILES string of the molecule is CC(C)c1cc(Cl)cc(C(C)C)c1OCCN(C)C.Cl. The van der Waals surface area contributed by atoms with E-state index in [0.717, 1.165) is 17.3 Å². The highest BCUT2D eigenvalue weighted by Gasteiger charge is 2.16. The molecule has 0 saturated heterocycles. The van der Waals surface area contributed by atoms with Gasteiger partial charge in [0, 0.05) is 11.6 Å². The van der Waals surface area contributed by atoms with Gasteiger partial charge in [0.1, 0.15) is 12.4 Å². The fourth-order valence-corrected chi connectivity index (χ4v) is 2.23. The fourth-order valence-electron chi connectivity index (χ4n) is 1.99. The van der Waals surface area contributed by atoms with Crippen LogP contribution in [0, 0.1) is 0 Å². The molecule has 0 amide bonds. The molecule has 1 rings (SSSR count). The van der Waals surface area contributed by atoms with E-state index in [2.05, 4.69) is 46.7 Å². The van der Waals surface area contributed by atoms with Gasteiger partial charge < -0.3 is 9.64 Å². The standard InChI is InChI=1S/C16H26ClNO.ClH/c1-11(2)14-9-13(17)10-15(12(3)4)16(14)19-8-7-18(5)6;/h9-12H,7-8H2,1-6H3;1H. The second-order valence-electron chi connectivity index (χ2n) is 5.87. The summed E-state index contributed by atoms with van der Waals surface area (Å²) in [6.07, 6.45) is 0. The van der Waals surface area contributed by atoms with E-state index >= 15 is 0 Å². The summed E-state index contributed by atoms with van der Waals surface area (Å²) < 4.78 is 6.06. The lowest BCUT2D eigenvalue weighted by Gasteiger charge is -2.21. The van der Waals surface area contributed by atoms with Crippen LogP contribution in [0.15, 0.2) is 12.1 Å². The number of likely N-dealkylation sites (N-methyl/N-ethyl adjacent to an activating group) is 1. The zero-order valence-corrected chi connectivity index (χ0v) is 14.9. The molecule has 116 valence electrons. The first-order valence-corrected chi connectivity index (χ1v) is 7.31. The van der Waals surface area contributed by atoms with Gasteiger partial charge in [0.25, 0.3) is 0 Å². The van der Waals surface area contributed by atoms with Crippen molar-refractivity contribution in [3.8, 4) is 5.75 Å². The van der Waals surface area contributed by atoms with E-state index in [9.17, 15) is 0 Å². The van der Waals surface area contributed by atoms with Crippen molar-refractivity contribution in [3.63, 3.8) is 0 Å². The smallest absolute Gasteiger partial charge is 0.126 e. The molecule has 4 heteroatoms. The van der Waals surface area contributed by atoms with E-state index in [4.69, 9.17) is 16.3 Å². The van der Waals surface area contributed by atoms with Crippen LogP contribution in [0.25, 0.3) is 0 Å². The van der Waals surface area contributed by atoms with Crippen LogP contribution in [0.2, 0.25) is 5.02 Å². The number of halogens is 2. The van der Waals surface area contributed by atoms with Gasteiger partial charge in [0.05, 0.1) is 0 Å². The number of ether oxygens (including phenoxy) is 1. The first-order valence-electron chi connectivity index (χ1n) is 6.93. The third kappa shape index (κ3) is 5.51.